The second kappa shape index (κ2) is 12.5. The van der Waals surface area contributed by atoms with E-state index < -0.39 is 29.7 Å². The topological polar surface area (TPSA) is 137 Å². The van der Waals surface area contributed by atoms with E-state index in [1.54, 1.807) is 18.2 Å². The molecule has 0 aliphatic rings. The van der Waals surface area contributed by atoms with E-state index in [0.29, 0.717) is 25.1 Å². The average molecular weight is 461 g/mol. The van der Waals surface area contributed by atoms with E-state index in [1.807, 2.05) is 13.8 Å². The summed E-state index contributed by atoms with van der Waals surface area (Å²) in [7, 11) is 1.43. The minimum absolute atomic E-state index is 0.0851. The lowest BCUT2D eigenvalue weighted by molar-refractivity contribution is -0.121. The van der Waals surface area contributed by atoms with Gasteiger partial charge in [-0.1, -0.05) is 45.2 Å². The maximum atomic E-state index is 13.1. The van der Waals surface area contributed by atoms with Crippen LogP contribution in [0.25, 0.3) is 0 Å². The van der Waals surface area contributed by atoms with E-state index in [4.69, 9.17) is 15.2 Å². The lowest BCUT2D eigenvalue weighted by Crippen LogP contribution is -2.43. The van der Waals surface area contributed by atoms with Crippen molar-refractivity contribution in [3.05, 3.63) is 50.7 Å². The Bertz CT molecular complexity index is 1080. The molecule has 33 heavy (non-hydrogen) atoms. The van der Waals surface area contributed by atoms with Crippen molar-refractivity contribution in [2.45, 2.75) is 52.5 Å². The highest BCUT2D eigenvalue weighted by atomic mass is 16.5. The summed E-state index contributed by atoms with van der Waals surface area (Å²) in [6.45, 7) is 3.87. The number of esters is 1. The highest BCUT2D eigenvalue weighted by Crippen LogP contribution is 2.20. The number of nitrogens with one attached hydrogen (secondary N) is 1. The maximum absolute atomic E-state index is 13.1. The fourth-order valence-corrected chi connectivity index (χ4v) is 3.35. The number of methoxy groups -OCH3 is 1. The van der Waals surface area contributed by atoms with E-state index in [9.17, 15) is 19.2 Å². The van der Waals surface area contributed by atoms with Crippen molar-refractivity contribution in [3.63, 3.8) is 0 Å². The number of hydrogen-bond donors (Lipinski definition) is 2. The number of rotatable bonds is 12. The van der Waals surface area contributed by atoms with Crippen LogP contribution >= 0.6 is 0 Å². The first-order valence-electron chi connectivity index (χ1n) is 11.1. The van der Waals surface area contributed by atoms with Crippen molar-refractivity contribution in [1.29, 1.82) is 0 Å². The van der Waals surface area contributed by atoms with E-state index >= 15 is 0 Å². The molecule has 0 unspecified atom stereocenters. The van der Waals surface area contributed by atoms with Crippen LogP contribution in [0, 0.1) is 0 Å². The molecule has 2 rings (SSSR count). The van der Waals surface area contributed by atoms with Gasteiger partial charge in [0.1, 0.15) is 17.1 Å². The predicted molar refractivity (Wildman–Crippen MR) is 126 cm³/mol. The molecule has 1 aromatic heterocycles. The number of hydrogen-bond acceptors (Lipinski definition) is 7. The number of H-pyrrole nitrogens is 1. The largest absolute Gasteiger partial charge is 0.496 e. The summed E-state index contributed by atoms with van der Waals surface area (Å²) in [5.41, 5.74) is 4.86. The molecule has 3 N–H and O–H groups in total. The number of carbonyl (C=O) groups excluding carboxylic acids is 2. The van der Waals surface area contributed by atoms with Gasteiger partial charge in [-0.05, 0) is 25.0 Å². The molecular formula is C23H32N4O6. The summed E-state index contributed by atoms with van der Waals surface area (Å²) in [5.74, 6) is -1.12. The van der Waals surface area contributed by atoms with Crippen LogP contribution in [0.2, 0.25) is 0 Å². The summed E-state index contributed by atoms with van der Waals surface area (Å²) < 4.78 is 11.6. The Kier molecular flexibility index (Phi) is 9.71. The molecule has 1 amide bonds. The van der Waals surface area contributed by atoms with E-state index in [2.05, 4.69) is 4.98 Å². The summed E-state index contributed by atoms with van der Waals surface area (Å²) >= 11 is 0. The zero-order valence-electron chi connectivity index (χ0n) is 19.4. The van der Waals surface area contributed by atoms with Crippen LogP contribution in [0.15, 0.2) is 33.9 Å². The van der Waals surface area contributed by atoms with Gasteiger partial charge in [-0.3, -0.25) is 19.1 Å². The molecule has 0 radical (unpaired) electrons. The van der Waals surface area contributed by atoms with E-state index in [-0.39, 0.29) is 23.6 Å². The van der Waals surface area contributed by atoms with Crippen LogP contribution < -0.4 is 26.6 Å². The third-order valence-corrected chi connectivity index (χ3v) is 5.16. The van der Waals surface area contributed by atoms with Crippen LogP contribution in [0.5, 0.6) is 5.75 Å². The quantitative estimate of drug-likeness (QED) is 0.366. The van der Waals surface area contributed by atoms with Crippen molar-refractivity contribution in [3.8, 4) is 5.75 Å². The number of amides is 1. The number of unbranched alkanes of at least 4 members (excludes halogenated alkanes) is 3. The van der Waals surface area contributed by atoms with Gasteiger partial charge in [0, 0.05) is 13.1 Å². The van der Waals surface area contributed by atoms with Crippen molar-refractivity contribution in [1.82, 2.24) is 9.55 Å². The van der Waals surface area contributed by atoms with Gasteiger partial charge in [-0.2, -0.15) is 0 Å². The lowest BCUT2D eigenvalue weighted by atomic mass is 10.2. The van der Waals surface area contributed by atoms with Crippen molar-refractivity contribution >= 4 is 23.4 Å². The molecule has 0 atom stereocenters. The first-order valence-corrected chi connectivity index (χ1v) is 11.1. The lowest BCUT2D eigenvalue weighted by Gasteiger charge is -2.24. The maximum Gasteiger partial charge on any atom is 0.342 e. The van der Waals surface area contributed by atoms with Gasteiger partial charge < -0.3 is 20.1 Å². The molecule has 0 saturated heterocycles. The smallest absolute Gasteiger partial charge is 0.342 e. The Balaban J connectivity index is 2.32. The van der Waals surface area contributed by atoms with Crippen LogP contribution in [0.3, 0.4) is 0 Å². The highest BCUT2D eigenvalue weighted by Gasteiger charge is 2.25. The average Bonchev–Trinajstić information content (AvgIpc) is 2.81. The highest BCUT2D eigenvalue weighted by molar-refractivity contribution is 5.99. The monoisotopic (exact) mass is 460 g/mol. The summed E-state index contributed by atoms with van der Waals surface area (Å²) in [6.07, 6.45) is 3.81. The summed E-state index contributed by atoms with van der Waals surface area (Å²) in [4.78, 5) is 53.9. The predicted octanol–water partition coefficient (Wildman–Crippen LogP) is 2.31. The van der Waals surface area contributed by atoms with Gasteiger partial charge in [0.25, 0.3) is 11.5 Å². The minimum Gasteiger partial charge on any atom is -0.496 e. The third kappa shape index (κ3) is 6.47. The molecule has 0 aliphatic heterocycles. The van der Waals surface area contributed by atoms with Crippen LogP contribution in [0.4, 0.5) is 11.5 Å². The second-order valence-corrected chi connectivity index (χ2v) is 7.53. The Labute approximate surface area is 192 Å². The van der Waals surface area contributed by atoms with Crippen LogP contribution in [-0.2, 0) is 16.1 Å². The van der Waals surface area contributed by atoms with E-state index in [0.717, 1.165) is 19.3 Å². The number of anilines is 2. The first kappa shape index (κ1) is 25.7. The molecule has 0 spiro atoms. The number of aromatic nitrogens is 2. The molecule has 0 bridgehead atoms. The third-order valence-electron chi connectivity index (χ3n) is 5.16. The normalized spacial score (nSPS) is 10.6. The fourth-order valence-electron chi connectivity index (χ4n) is 3.35. The molecule has 0 saturated carbocycles. The number of nitrogens with zero attached hydrogens (tertiary/aromatic N) is 2. The van der Waals surface area contributed by atoms with Gasteiger partial charge >= 0.3 is 11.7 Å². The van der Waals surface area contributed by atoms with Gasteiger partial charge in [0.15, 0.2) is 12.3 Å². The van der Waals surface area contributed by atoms with Gasteiger partial charge in [-0.15, -0.1) is 0 Å². The standard InChI is InChI=1S/C23H32N4O6/c1-4-6-10-14-26(19-20(24)27(13-7-5-2)23(31)25-21(19)29)18(28)15-33-22(30)16-11-8-9-12-17(16)32-3/h8-9,11-12H,4-7,10,13-15,24H2,1-3H3,(H,25,29,31). The van der Waals surface area contributed by atoms with Crippen molar-refractivity contribution in [2.24, 2.45) is 0 Å². The van der Waals surface area contributed by atoms with Crippen LogP contribution in [0.1, 0.15) is 56.3 Å². The van der Waals surface area contributed by atoms with Crippen LogP contribution in [-0.4, -0.2) is 41.7 Å². The van der Waals surface area contributed by atoms with Gasteiger partial charge in [0.2, 0.25) is 0 Å². The molecule has 2 aromatic rings. The van der Waals surface area contributed by atoms with Gasteiger partial charge in [0.05, 0.1) is 7.11 Å². The van der Waals surface area contributed by atoms with E-state index in [1.165, 1.54) is 22.6 Å². The van der Waals surface area contributed by atoms with Crippen molar-refractivity contribution in [2.75, 3.05) is 30.9 Å². The minimum atomic E-state index is -0.758. The summed E-state index contributed by atoms with van der Waals surface area (Å²) in [6, 6.07) is 6.49. The Hall–Kier alpha value is -3.56. The molecule has 0 aliphatic carbocycles. The number of para-hydroxylation sites is 1. The first-order chi connectivity index (χ1) is 15.8. The second-order valence-electron chi connectivity index (χ2n) is 7.53. The number of nitrogens with two attached hydrogens (primary N) is 1. The Morgan fingerprint density at radius 1 is 1.09 bits per heavy atom. The number of nitrogen functional groups attached to an aromatic ring is 1. The molecule has 1 heterocycles. The Morgan fingerprint density at radius 3 is 2.45 bits per heavy atom. The zero-order chi connectivity index (χ0) is 24.4. The molecule has 10 nitrogen and oxygen atoms in total. The number of aromatic amines is 1. The zero-order valence-corrected chi connectivity index (χ0v) is 19.4. The molecule has 0 fully saturated rings. The van der Waals surface area contributed by atoms with Crippen molar-refractivity contribution < 1.29 is 19.1 Å². The number of ether oxygens (including phenoxy) is 2. The molecular weight excluding hydrogens is 428 g/mol. The number of benzene rings is 1. The number of carbonyl (C=O) groups is 2. The fraction of sp³-hybridized carbons (Fsp3) is 0.478. The SMILES string of the molecule is CCCCCN(C(=O)COC(=O)c1ccccc1OC)c1c(N)n(CCCC)c(=O)[nH]c1=O. The molecule has 180 valence electrons. The summed E-state index contributed by atoms with van der Waals surface area (Å²) in [5, 5.41) is 0. The molecule has 10 heteroatoms. The molecule has 1 aromatic carbocycles. The van der Waals surface area contributed by atoms with Gasteiger partial charge in [-0.25, -0.2) is 9.59 Å². The Morgan fingerprint density at radius 2 is 1.79 bits per heavy atom.